The second-order valence-corrected chi connectivity index (χ2v) is 4.19. The number of nitrogens with one attached hydrogen (secondary N) is 2. The number of hydrogen-bond donors (Lipinski definition) is 2. The summed E-state index contributed by atoms with van der Waals surface area (Å²) in [7, 11) is 0. The minimum absolute atomic E-state index is 0. The van der Waals surface area contributed by atoms with Crippen molar-refractivity contribution < 1.29 is 4.79 Å². The molecule has 2 N–H and O–H groups in total. The van der Waals surface area contributed by atoms with Crippen LogP contribution in [0.1, 0.15) is 25.3 Å². The number of rotatable bonds is 3. The Morgan fingerprint density at radius 2 is 2.35 bits per heavy atom. The number of carbonyl (C=O) groups excluding carboxylic acids is 1. The van der Waals surface area contributed by atoms with E-state index in [4.69, 9.17) is 0 Å². The molecular formula is C13H19ClN2O. The number of carbonyl (C=O) groups is 1. The second kappa shape index (κ2) is 6.62. The summed E-state index contributed by atoms with van der Waals surface area (Å²) in [4.78, 5) is 11.8. The fraction of sp³-hybridized carbons (Fsp3) is 0.462. The maximum absolute atomic E-state index is 11.8. The van der Waals surface area contributed by atoms with E-state index in [1.54, 1.807) is 0 Å². The number of hydrogen-bond acceptors (Lipinski definition) is 2. The Kier molecular flexibility index (Phi) is 5.45. The zero-order valence-electron chi connectivity index (χ0n) is 10.0. The quantitative estimate of drug-likeness (QED) is 0.870. The van der Waals surface area contributed by atoms with Gasteiger partial charge in [0.25, 0.3) is 0 Å². The average Bonchev–Trinajstić information content (AvgIpc) is 2.83. The first-order chi connectivity index (χ1) is 7.79. The molecule has 0 saturated carbocycles. The van der Waals surface area contributed by atoms with Crippen molar-refractivity contribution in [2.45, 2.75) is 32.2 Å². The lowest BCUT2D eigenvalue weighted by Crippen LogP contribution is -2.35. The van der Waals surface area contributed by atoms with Crippen LogP contribution < -0.4 is 10.6 Å². The van der Waals surface area contributed by atoms with Gasteiger partial charge < -0.3 is 10.6 Å². The molecule has 2 rings (SSSR count). The molecule has 0 radical (unpaired) electrons. The van der Waals surface area contributed by atoms with Crippen LogP contribution in [0.5, 0.6) is 0 Å². The molecule has 1 aromatic carbocycles. The van der Waals surface area contributed by atoms with Gasteiger partial charge in [-0.3, -0.25) is 4.79 Å². The Labute approximate surface area is 108 Å². The van der Waals surface area contributed by atoms with Crippen molar-refractivity contribution in [1.29, 1.82) is 0 Å². The largest absolute Gasteiger partial charge is 0.325 e. The minimum Gasteiger partial charge on any atom is -0.325 e. The van der Waals surface area contributed by atoms with Crippen molar-refractivity contribution in [3.63, 3.8) is 0 Å². The Balaban J connectivity index is 0.00000144. The highest BCUT2D eigenvalue weighted by Crippen LogP contribution is 2.13. The van der Waals surface area contributed by atoms with Gasteiger partial charge >= 0.3 is 0 Å². The number of benzene rings is 1. The van der Waals surface area contributed by atoms with Crippen molar-refractivity contribution >= 4 is 24.0 Å². The van der Waals surface area contributed by atoms with Gasteiger partial charge in [0.2, 0.25) is 5.91 Å². The predicted octanol–water partition coefficient (Wildman–Crippen LogP) is 2.36. The number of amides is 1. The van der Waals surface area contributed by atoms with Crippen molar-refractivity contribution in [1.82, 2.24) is 5.32 Å². The fourth-order valence-corrected chi connectivity index (χ4v) is 2.01. The lowest BCUT2D eigenvalue weighted by molar-refractivity contribution is -0.117. The first-order valence-corrected chi connectivity index (χ1v) is 5.93. The summed E-state index contributed by atoms with van der Waals surface area (Å²) in [5, 5.41) is 6.15. The normalized spacial score (nSPS) is 18.5. The molecule has 1 aromatic rings. The maximum atomic E-state index is 11.8. The van der Waals surface area contributed by atoms with Crippen molar-refractivity contribution in [3.8, 4) is 0 Å². The van der Waals surface area contributed by atoms with Crippen LogP contribution in [-0.4, -0.2) is 18.5 Å². The van der Waals surface area contributed by atoms with Crippen LogP contribution in [0.3, 0.4) is 0 Å². The van der Waals surface area contributed by atoms with Crippen LogP contribution in [0.2, 0.25) is 0 Å². The molecule has 1 aliphatic rings. The Morgan fingerprint density at radius 1 is 1.53 bits per heavy atom. The molecule has 94 valence electrons. The Morgan fingerprint density at radius 3 is 3.00 bits per heavy atom. The molecule has 17 heavy (non-hydrogen) atoms. The highest BCUT2D eigenvalue weighted by Gasteiger charge is 2.21. The second-order valence-electron chi connectivity index (χ2n) is 4.19. The molecule has 0 aliphatic carbocycles. The van der Waals surface area contributed by atoms with Crippen molar-refractivity contribution in [3.05, 3.63) is 29.8 Å². The van der Waals surface area contributed by atoms with Crippen LogP contribution in [0, 0.1) is 0 Å². The van der Waals surface area contributed by atoms with Gasteiger partial charge in [-0.2, -0.15) is 0 Å². The van der Waals surface area contributed by atoms with E-state index in [-0.39, 0.29) is 24.4 Å². The van der Waals surface area contributed by atoms with Crippen molar-refractivity contribution in [2.75, 3.05) is 11.9 Å². The van der Waals surface area contributed by atoms with Gasteiger partial charge in [0.1, 0.15) is 0 Å². The van der Waals surface area contributed by atoms with Gasteiger partial charge in [-0.25, -0.2) is 0 Å². The summed E-state index contributed by atoms with van der Waals surface area (Å²) in [5.74, 6) is 0.0887. The molecule has 0 aromatic heterocycles. The number of aryl methyl sites for hydroxylation is 1. The Bertz CT molecular complexity index is 375. The molecule has 1 fully saturated rings. The molecule has 1 aliphatic heterocycles. The van der Waals surface area contributed by atoms with Gasteiger partial charge in [-0.05, 0) is 43.5 Å². The van der Waals surface area contributed by atoms with E-state index in [2.05, 4.69) is 23.6 Å². The third kappa shape index (κ3) is 3.72. The molecule has 0 spiro atoms. The highest BCUT2D eigenvalue weighted by molar-refractivity contribution is 5.95. The van der Waals surface area contributed by atoms with Crippen LogP contribution >= 0.6 is 12.4 Å². The van der Waals surface area contributed by atoms with Crippen LogP contribution in [0.15, 0.2) is 24.3 Å². The van der Waals surface area contributed by atoms with Crippen LogP contribution in [0.4, 0.5) is 5.69 Å². The molecule has 1 unspecified atom stereocenters. The highest BCUT2D eigenvalue weighted by atomic mass is 35.5. The van der Waals surface area contributed by atoms with E-state index in [0.717, 1.165) is 31.5 Å². The van der Waals surface area contributed by atoms with Gasteiger partial charge in [0.15, 0.2) is 0 Å². The predicted molar refractivity (Wildman–Crippen MR) is 72.7 cm³/mol. The lowest BCUT2D eigenvalue weighted by atomic mass is 10.1. The van der Waals surface area contributed by atoms with E-state index >= 15 is 0 Å². The summed E-state index contributed by atoms with van der Waals surface area (Å²) < 4.78 is 0. The molecule has 1 amide bonds. The summed E-state index contributed by atoms with van der Waals surface area (Å²) in [6.45, 7) is 3.06. The van der Waals surface area contributed by atoms with Gasteiger partial charge in [-0.1, -0.05) is 19.1 Å². The molecule has 3 nitrogen and oxygen atoms in total. The van der Waals surface area contributed by atoms with E-state index < -0.39 is 0 Å². The van der Waals surface area contributed by atoms with Crippen molar-refractivity contribution in [2.24, 2.45) is 0 Å². The molecule has 1 heterocycles. The van der Waals surface area contributed by atoms with E-state index in [1.807, 2.05) is 18.2 Å². The zero-order valence-corrected chi connectivity index (χ0v) is 10.8. The Hall–Kier alpha value is -1.06. The third-order valence-corrected chi connectivity index (χ3v) is 2.98. The van der Waals surface area contributed by atoms with Crippen LogP contribution in [-0.2, 0) is 11.2 Å². The number of anilines is 1. The first kappa shape index (κ1) is 14.0. The van der Waals surface area contributed by atoms with Gasteiger partial charge in [-0.15, -0.1) is 12.4 Å². The summed E-state index contributed by atoms with van der Waals surface area (Å²) in [6.07, 6.45) is 3.03. The summed E-state index contributed by atoms with van der Waals surface area (Å²) >= 11 is 0. The number of halogens is 1. The SMILES string of the molecule is CCc1cccc(NC(=O)C2CCCN2)c1.Cl. The van der Waals surface area contributed by atoms with Crippen LogP contribution in [0.25, 0.3) is 0 Å². The van der Waals surface area contributed by atoms with E-state index in [1.165, 1.54) is 5.56 Å². The standard InChI is InChI=1S/C13H18N2O.ClH/c1-2-10-5-3-6-11(9-10)15-13(16)12-7-4-8-14-12;/h3,5-6,9,12,14H,2,4,7-8H2,1H3,(H,15,16);1H. The monoisotopic (exact) mass is 254 g/mol. The molecular weight excluding hydrogens is 236 g/mol. The molecule has 1 saturated heterocycles. The fourth-order valence-electron chi connectivity index (χ4n) is 2.01. The maximum Gasteiger partial charge on any atom is 0.241 e. The lowest BCUT2D eigenvalue weighted by Gasteiger charge is -2.11. The average molecular weight is 255 g/mol. The zero-order chi connectivity index (χ0) is 11.4. The summed E-state index contributed by atoms with van der Waals surface area (Å²) in [5.41, 5.74) is 2.15. The smallest absolute Gasteiger partial charge is 0.241 e. The van der Waals surface area contributed by atoms with E-state index in [0.29, 0.717) is 0 Å². The molecule has 4 heteroatoms. The van der Waals surface area contributed by atoms with Gasteiger partial charge in [0, 0.05) is 5.69 Å². The first-order valence-electron chi connectivity index (χ1n) is 5.93. The van der Waals surface area contributed by atoms with Gasteiger partial charge in [0.05, 0.1) is 6.04 Å². The van der Waals surface area contributed by atoms with E-state index in [9.17, 15) is 4.79 Å². The minimum atomic E-state index is -0.00900. The molecule has 1 atom stereocenters. The summed E-state index contributed by atoms with van der Waals surface area (Å²) in [6, 6.07) is 8.02. The topological polar surface area (TPSA) is 41.1 Å². The molecule has 0 bridgehead atoms. The third-order valence-electron chi connectivity index (χ3n) is 2.98.